The summed E-state index contributed by atoms with van der Waals surface area (Å²) in [5, 5.41) is 14.9. The zero-order valence-corrected chi connectivity index (χ0v) is 12.7. The van der Waals surface area contributed by atoms with Gasteiger partial charge in [-0.1, -0.05) is 18.2 Å². The zero-order chi connectivity index (χ0) is 16.2. The Hall–Kier alpha value is -2.38. The van der Waals surface area contributed by atoms with E-state index in [1.807, 2.05) is 0 Å². The summed E-state index contributed by atoms with van der Waals surface area (Å²) in [6.45, 7) is 0.349. The van der Waals surface area contributed by atoms with Gasteiger partial charge in [0.25, 0.3) is 0 Å². The molecule has 0 aromatic heterocycles. The van der Waals surface area contributed by atoms with Crippen molar-refractivity contribution in [3.05, 3.63) is 53.6 Å². The van der Waals surface area contributed by atoms with Crippen molar-refractivity contribution in [2.75, 3.05) is 7.11 Å². The Morgan fingerprint density at radius 2 is 1.91 bits per heavy atom. The van der Waals surface area contributed by atoms with E-state index in [0.717, 1.165) is 5.56 Å². The van der Waals surface area contributed by atoms with Gasteiger partial charge in [-0.25, -0.2) is 13.6 Å². The van der Waals surface area contributed by atoms with Crippen LogP contribution in [0, 0.1) is 0 Å². The number of nitrogens with zero attached hydrogens (tertiary/aromatic N) is 1. The summed E-state index contributed by atoms with van der Waals surface area (Å²) in [5.41, 5.74) is 1.37. The van der Waals surface area contributed by atoms with E-state index >= 15 is 0 Å². The number of aliphatic imine (C=N–C) groups is 1. The number of para-hydroxylation sites is 1. The Morgan fingerprint density at radius 1 is 1.23 bits per heavy atom. The van der Waals surface area contributed by atoms with E-state index in [9.17, 15) is 13.5 Å². The number of methoxy groups -OCH3 is 1. The van der Waals surface area contributed by atoms with Crippen LogP contribution < -0.4 is 9.88 Å². The minimum Gasteiger partial charge on any atom is -0.504 e. The first-order valence-corrected chi connectivity index (χ1v) is 7.94. The van der Waals surface area contributed by atoms with E-state index in [-0.39, 0.29) is 10.6 Å². The molecule has 0 fully saturated rings. The summed E-state index contributed by atoms with van der Waals surface area (Å²) in [5.74, 6) is 0.403. The lowest BCUT2D eigenvalue weighted by Crippen LogP contribution is -2.11. The molecule has 0 saturated carbocycles. The molecule has 22 heavy (non-hydrogen) atoms. The highest BCUT2D eigenvalue weighted by Gasteiger charge is 2.07. The van der Waals surface area contributed by atoms with E-state index in [0.29, 0.717) is 17.9 Å². The molecule has 0 atom stereocenters. The summed E-state index contributed by atoms with van der Waals surface area (Å²) in [6.07, 6.45) is 1.53. The third-order valence-corrected chi connectivity index (χ3v) is 3.94. The average molecular weight is 320 g/mol. The number of phenols is 1. The van der Waals surface area contributed by atoms with E-state index in [1.165, 1.54) is 25.5 Å². The van der Waals surface area contributed by atoms with Crippen LogP contribution in [0.25, 0.3) is 0 Å². The number of phenolic OH excluding ortho intramolecular Hbond substituents is 1. The molecule has 116 valence electrons. The summed E-state index contributed by atoms with van der Waals surface area (Å²) in [4.78, 5) is 4.28. The normalized spacial score (nSPS) is 11.7. The molecule has 0 bridgehead atoms. The lowest BCUT2D eigenvalue weighted by atomic mass is 10.2. The topological polar surface area (TPSA) is 102 Å². The maximum absolute atomic E-state index is 11.1. The summed E-state index contributed by atoms with van der Waals surface area (Å²) in [7, 11) is -2.21. The summed E-state index contributed by atoms with van der Waals surface area (Å²) < 4.78 is 27.3. The van der Waals surface area contributed by atoms with Crippen LogP contribution in [0.1, 0.15) is 11.1 Å². The SMILES string of the molecule is COc1cccc(C=NCc2ccc(S(N)(=O)=O)cc2)c1O. The Morgan fingerprint density at radius 3 is 2.50 bits per heavy atom. The fraction of sp³-hybridized carbons (Fsp3) is 0.133. The largest absolute Gasteiger partial charge is 0.504 e. The number of rotatable bonds is 5. The van der Waals surface area contributed by atoms with Crippen LogP contribution in [0.5, 0.6) is 11.5 Å². The second-order valence-corrected chi connectivity index (χ2v) is 6.12. The number of hydrogen-bond acceptors (Lipinski definition) is 5. The van der Waals surface area contributed by atoms with Crippen LogP contribution in [0.2, 0.25) is 0 Å². The minimum atomic E-state index is -3.68. The van der Waals surface area contributed by atoms with Crippen LogP contribution in [0.3, 0.4) is 0 Å². The monoisotopic (exact) mass is 320 g/mol. The van der Waals surface area contributed by atoms with Crippen molar-refractivity contribution in [3.63, 3.8) is 0 Å². The molecular formula is C15H16N2O4S. The third kappa shape index (κ3) is 3.84. The molecule has 0 unspecified atom stereocenters. The standard InChI is InChI=1S/C15H16N2O4S/c1-21-14-4-2-3-12(15(14)18)10-17-9-11-5-7-13(8-6-11)22(16,19)20/h2-8,10,18H,9H2,1H3,(H2,16,19,20). The van der Waals surface area contributed by atoms with Crippen molar-refractivity contribution >= 4 is 16.2 Å². The smallest absolute Gasteiger partial charge is 0.238 e. The van der Waals surface area contributed by atoms with E-state index < -0.39 is 10.0 Å². The number of nitrogens with two attached hydrogens (primary N) is 1. The van der Waals surface area contributed by atoms with Crippen LogP contribution in [-0.2, 0) is 16.6 Å². The van der Waals surface area contributed by atoms with Crippen molar-refractivity contribution in [2.24, 2.45) is 10.1 Å². The average Bonchev–Trinajstić information content (AvgIpc) is 2.48. The maximum Gasteiger partial charge on any atom is 0.238 e. The Labute approximate surface area is 128 Å². The molecule has 0 spiro atoms. The lowest BCUT2D eigenvalue weighted by molar-refractivity contribution is 0.373. The second kappa shape index (κ2) is 6.59. The van der Waals surface area contributed by atoms with Gasteiger partial charge in [-0.2, -0.15) is 0 Å². The van der Waals surface area contributed by atoms with Gasteiger partial charge >= 0.3 is 0 Å². The fourth-order valence-electron chi connectivity index (χ4n) is 1.84. The molecule has 2 aromatic rings. The molecule has 0 aliphatic heterocycles. The van der Waals surface area contributed by atoms with Crippen molar-refractivity contribution in [2.45, 2.75) is 11.4 Å². The second-order valence-electron chi connectivity index (χ2n) is 4.56. The van der Waals surface area contributed by atoms with Gasteiger partial charge in [0.05, 0.1) is 18.6 Å². The first-order valence-electron chi connectivity index (χ1n) is 6.39. The van der Waals surface area contributed by atoms with Gasteiger partial charge in [-0.3, -0.25) is 4.99 Å². The highest BCUT2D eigenvalue weighted by molar-refractivity contribution is 7.89. The molecular weight excluding hydrogens is 304 g/mol. The number of primary sulfonamides is 1. The highest BCUT2D eigenvalue weighted by atomic mass is 32.2. The van der Waals surface area contributed by atoms with Crippen LogP contribution in [0.15, 0.2) is 52.4 Å². The maximum atomic E-state index is 11.1. The Balaban J connectivity index is 2.10. The fourth-order valence-corrected chi connectivity index (χ4v) is 2.36. The van der Waals surface area contributed by atoms with Crippen molar-refractivity contribution < 1.29 is 18.3 Å². The van der Waals surface area contributed by atoms with Crippen LogP contribution in [0.4, 0.5) is 0 Å². The molecule has 7 heteroatoms. The van der Waals surface area contributed by atoms with Gasteiger partial charge in [0.1, 0.15) is 0 Å². The van der Waals surface area contributed by atoms with Gasteiger partial charge in [0.2, 0.25) is 10.0 Å². The van der Waals surface area contributed by atoms with Crippen molar-refractivity contribution in [1.29, 1.82) is 0 Å². The molecule has 0 heterocycles. The van der Waals surface area contributed by atoms with Gasteiger partial charge in [0.15, 0.2) is 11.5 Å². The molecule has 0 amide bonds. The number of sulfonamides is 1. The molecule has 0 aliphatic rings. The number of aromatic hydroxyl groups is 1. The minimum absolute atomic E-state index is 0.0262. The summed E-state index contributed by atoms with van der Waals surface area (Å²) in [6, 6.07) is 11.3. The van der Waals surface area contributed by atoms with Crippen molar-refractivity contribution in [1.82, 2.24) is 0 Å². The zero-order valence-electron chi connectivity index (χ0n) is 11.9. The van der Waals surface area contributed by atoms with Gasteiger partial charge < -0.3 is 9.84 Å². The number of benzene rings is 2. The van der Waals surface area contributed by atoms with E-state index in [1.54, 1.807) is 30.3 Å². The number of ether oxygens (including phenoxy) is 1. The highest BCUT2D eigenvalue weighted by Crippen LogP contribution is 2.28. The molecule has 2 rings (SSSR count). The molecule has 0 radical (unpaired) electrons. The molecule has 2 aromatic carbocycles. The van der Waals surface area contributed by atoms with Gasteiger partial charge in [-0.15, -0.1) is 0 Å². The summed E-state index contributed by atoms with van der Waals surface area (Å²) >= 11 is 0. The van der Waals surface area contributed by atoms with E-state index in [2.05, 4.69) is 4.99 Å². The molecule has 3 N–H and O–H groups in total. The third-order valence-electron chi connectivity index (χ3n) is 3.01. The van der Waals surface area contributed by atoms with Crippen LogP contribution >= 0.6 is 0 Å². The first-order chi connectivity index (χ1) is 10.4. The number of hydrogen-bond donors (Lipinski definition) is 2. The predicted octanol–water partition coefficient (Wildman–Crippen LogP) is 1.67. The molecule has 0 aliphatic carbocycles. The first kappa shape index (κ1) is 16.0. The predicted molar refractivity (Wildman–Crippen MR) is 83.8 cm³/mol. The quantitative estimate of drug-likeness (QED) is 0.818. The van der Waals surface area contributed by atoms with Gasteiger partial charge in [-0.05, 0) is 29.8 Å². The molecule has 0 saturated heterocycles. The van der Waals surface area contributed by atoms with Crippen molar-refractivity contribution in [3.8, 4) is 11.5 Å². The Kier molecular flexibility index (Phi) is 4.79. The van der Waals surface area contributed by atoms with Gasteiger partial charge in [0, 0.05) is 11.8 Å². The van der Waals surface area contributed by atoms with Crippen LogP contribution in [-0.4, -0.2) is 26.8 Å². The lowest BCUT2D eigenvalue weighted by Gasteiger charge is -2.05. The Bertz CT molecular complexity index is 784. The molecule has 6 nitrogen and oxygen atoms in total. The van der Waals surface area contributed by atoms with E-state index in [4.69, 9.17) is 9.88 Å².